The number of nitrogens with zero attached hydrogens (tertiary/aromatic N) is 3. The van der Waals surface area contributed by atoms with Crippen molar-refractivity contribution >= 4 is 6.41 Å². The Morgan fingerprint density at radius 1 is 1.03 bits per heavy atom. The van der Waals surface area contributed by atoms with Gasteiger partial charge in [-0.3, -0.25) is 4.79 Å². The van der Waals surface area contributed by atoms with Crippen molar-refractivity contribution in [3.8, 4) is 22.6 Å². The van der Waals surface area contributed by atoms with E-state index in [2.05, 4.69) is 5.10 Å². The Bertz CT molecular complexity index is 1070. The second-order valence-electron chi connectivity index (χ2n) is 6.28. The predicted octanol–water partition coefficient (Wildman–Crippen LogP) is 5.43. The first-order chi connectivity index (χ1) is 14.8. The molecule has 0 saturated carbocycles. The molecule has 3 rings (SSSR count). The average Bonchev–Trinajstić information content (AvgIpc) is 2.77. The molecule has 5 nitrogen and oxygen atoms in total. The molecule has 1 aromatic heterocycles. The first-order valence-electron chi connectivity index (χ1n) is 9.62. The summed E-state index contributed by atoms with van der Waals surface area (Å²) in [6.45, 7) is 4.00. The van der Waals surface area contributed by atoms with Crippen LogP contribution in [0, 0.1) is 0 Å². The maximum atomic E-state index is 12.7. The maximum absolute atomic E-state index is 12.7. The highest BCUT2D eigenvalue weighted by Crippen LogP contribution is 2.34. The summed E-state index contributed by atoms with van der Waals surface area (Å²) in [5, 5.41) is 5.35. The van der Waals surface area contributed by atoms with Gasteiger partial charge in [0.1, 0.15) is 11.5 Å². The number of carbonyl (C=O) groups excluding carboxylic acids is 1. The lowest BCUT2D eigenvalue weighted by Gasteiger charge is -2.13. The monoisotopic (exact) mass is 431 g/mol. The second kappa shape index (κ2) is 10.5. The Morgan fingerprint density at radius 3 is 2.29 bits per heavy atom. The molecule has 0 aliphatic heterocycles. The van der Waals surface area contributed by atoms with E-state index in [1.54, 1.807) is 36.0 Å². The topological polar surface area (TPSA) is 46.8 Å². The molecule has 8 heteroatoms. The smallest absolute Gasteiger partial charge is 0.416 e. The molecule has 2 aromatic carbocycles. The number of para-hydroxylation sites is 1. The Balaban J connectivity index is 0.00000166. The van der Waals surface area contributed by atoms with Crippen LogP contribution in [-0.4, -0.2) is 23.0 Å². The molecule has 31 heavy (non-hydrogen) atoms. The van der Waals surface area contributed by atoms with Gasteiger partial charge in [0.2, 0.25) is 6.41 Å². The molecule has 0 fully saturated rings. The van der Waals surface area contributed by atoms with Crippen molar-refractivity contribution in [2.24, 2.45) is 12.1 Å². The van der Waals surface area contributed by atoms with E-state index in [4.69, 9.17) is 4.74 Å². The number of hydrogen-bond donors (Lipinski definition) is 0. The van der Waals surface area contributed by atoms with Crippen molar-refractivity contribution in [1.29, 1.82) is 0 Å². The van der Waals surface area contributed by atoms with Gasteiger partial charge in [-0.25, -0.2) is 5.01 Å². The summed E-state index contributed by atoms with van der Waals surface area (Å²) in [4.78, 5) is 10.9. The molecule has 0 atom stereocenters. The first-order valence-corrected chi connectivity index (χ1v) is 9.62. The average molecular weight is 431 g/mol. The number of pyridine rings is 1. The lowest BCUT2D eigenvalue weighted by atomic mass is 10.1. The summed E-state index contributed by atoms with van der Waals surface area (Å²) in [7, 11) is 3.33. The van der Waals surface area contributed by atoms with Crippen LogP contribution >= 0.6 is 0 Å². The van der Waals surface area contributed by atoms with Gasteiger partial charge in [-0.2, -0.15) is 18.3 Å². The summed E-state index contributed by atoms with van der Waals surface area (Å²) in [5.74, 6) is 0.772. The normalized spacial score (nSPS) is 11.4. The molecular formula is C23H24F3N3O2. The summed E-state index contributed by atoms with van der Waals surface area (Å²) in [6.07, 6.45) is -2.01. The van der Waals surface area contributed by atoms with Gasteiger partial charge in [0.15, 0.2) is 5.49 Å². The van der Waals surface area contributed by atoms with E-state index in [-0.39, 0.29) is 5.75 Å². The molecule has 0 aliphatic rings. The Labute approximate surface area is 179 Å². The summed E-state index contributed by atoms with van der Waals surface area (Å²) in [5.41, 5.74) is 1.32. The molecule has 0 unspecified atom stereocenters. The first kappa shape index (κ1) is 23.7. The summed E-state index contributed by atoms with van der Waals surface area (Å²) >= 11 is 0. The van der Waals surface area contributed by atoms with E-state index in [0.29, 0.717) is 17.6 Å². The number of halogens is 3. The third-order valence-electron chi connectivity index (χ3n) is 4.14. The minimum atomic E-state index is -4.40. The van der Waals surface area contributed by atoms with Crippen LogP contribution in [0.3, 0.4) is 0 Å². The van der Waals surface area contributed by atoms with Gasteiger partial charge < -0.3 is 9.30 Å². The van der Waals surface area contributed by atoms with Gasteiger partial charge in [-0.15, -0.1) is 0 Å². The molecular weight excluding hydrogens is 407 g/mol. The molecule has 0 aliphatic carbocycles. The maximum Gasteiger partial charge on any atom is 0.416 e. The molecule has 0 spiro atoms. The lowest BCUT2D eigenvalue weighted by molar-refractivity contribution is -0.137. The zero-order valence-electron chi connectivity index (χ0n) is 17.7. The van der Waals surface area contributed by atoms with Crippen LogP contribution in [0.5, 0.6) is 11.5 Å². The van der Waals surface area contributed by atoms with Crippen LogP contribution in [0.4, 0.5) is 13.2 Å². The van der Waals surface area contributed by atoms with E-state index in [0.717, 1.165) is 28.3 Å². The fraction of sp³-hybridized carbons (Fsp3) is 0.217. The largest absolute Gasteiger partial charge is 0.457 e. The fourth-order valence-electron chi connectivity index (χ4n) is 2.64. The number of benzene rings is 2. The van der Waals surface area contributed by atoms with Crippen LogP contribution in [0.1, 0.15) is 19.4 Å². The molecule has 0 N–H and O–H groups in total. The van der Waals surface area contributed by atoms with Crippen molar-refractivity contribution in [2.45, 2.75) is 20.0 Å². The number of aromatic nitrogens is 1. The number of aryl methyl sites for hydroxylation is 1. The Hall–Kier alpha value is -3.55. The fourth-order valence-corrected chi connectivity index (χ4v) is 2.64. The minimum absolute atomic E-state index is 0.289. The zero-order chi connectivity index (χ0) is 23.0. The lowest BCUT2D eigenvalue weighted by Crippen LogP contribution is -2.22. The molecule has 0 bridgehead atoms. The summed E-state index contributed by atoms with van der Waals surface area (Å²) < 4.78 is 45.8. The third kappa shape index (κ3) is 6.21. The SMILES string of the molecule is CC.CN(C=O)/N=c1/cc(-c2ccccc2Oc2ccc(C(F)(F)F)cc2)ccn1C. The third-order valence-corrected chi connectivity index (χ3v) is 4.14. The standard InChI is InChI=1S/C21H18F3N3O2.C2H6/c1-26-12-11-15(13-20(26)25-27(2)14-28)18-5-3-4-6-19(18)29-17-9-7-16(8-10-17)21(22,23)24;1-2/h3-14H,1-2H3;1-2H3/b25-20-;. The van der Waals surface area contributed by atoms with Crippen LogP contribution in [-0.2, 0) is 18.0 Å². The van der Waals surface area contributed by atoms with Crippen molar-refractivity contribution in [1.82, 2.24) is 9.58 Å². The van der Waals surface area contributed by atoms with Crippen molar-refractivity contribution in [2.75, 3.05) is 7.05 Å². The molecule has 1 amide bonds. The number of rotatable bonds is 5. The van der Waals surface area contributed by atoms with E-state index in [1.807, 2.05) is 32.0 Å². The molecule has 0 radical (unpaired) electrons. The second-order valence-corrected chi connectivity index (χ2v) is 6.28. The van der Waals surface area contributed by atoms with Gasteiger partial charge in [0.25, 0.3) is 0 Å². The molecule has 1 heterocycles. The molecule has 3 aromatic rings. The highest BCUT2D eigenvalue weighted by atomic mass is 19.4. The van der Waals surface area contributed by atoms with E-state index in [1.165, 1.54) is 19.2 Å². The minimum Gasteiger partial charge on any atom is -0.457 e. The number of hydrogen-bond acceptors (Lipinski definition) is 3. The quantitative estimate of drug-likeness (QED) is 0.399. The van der Waals surface area contributed by atoms with Gasteiger partial charge in [-0.1, -0.05) is 32.0 Å². The number of amides is 1. The van der Waals surface area contributed by atoms with E-state index >= 15 is 0 Å². The molecule has 0 saturated heterocycles. The van der Waals surface area contributed by atoms with Gasteiger partial charge in [0.05, 0.1) is 5.56 Å². The Morgan fingerprint density at radius 2 is 1.68 bits per heavy atom. The van der Waals surface area contributed by atoms with Crippen LogP contribution < -0.4 is 10.2 Å². The highest BCUT2D eigenvalue weighted by molar-refractivity contribution is 5.70. The predicted molar refractivity (Wildman–Crippen MR) is 113 cm³/mol. The molecule has 164 valence electrons. The van der Waals surface area contributed by atoms with Gasteiger partial charge in [0, 0.05) is 25.9 Å². The summed E-state index contributed by atoms with van der Waals surface area (Å²) in [6, 6.07) is 15.3. The van der Waals surface area contributed by atoms with Gasteiger partial charge >= 0.3 is 6.18 Å². The number of ether oxygens (including phenoxy) is 1. The van der Waals surface area contributed by atoms with Crippen LogP contribution in [0.25, 0.3) is 11.1 Å². The van der Waals surface area contributed by atoms with E-state index < -0.39 is 11.7 Å². The van der Waals surface area contributed by atoms with Crippen molar-refractivity contribution < 1.29 is 22.7 Å². The zero-order valence-corrected chi connectivity index (χ0v) is 17.7. The number of alkyl halides is 3. The van der Waals surface area contributed by atoms with Crippen LogP contribution in [0.2, 0.25) is 0 Å². The Kier molecular flexibility index (Phi) is 8.01. The van der Waals surface area contributed by atoms with Gasteiger partial charge in [-0.05, 0) is 48.0 Å². The number of carbonyl (C=O) groups is 1. The van der Waals surface area contributed by atoms with Crippen molar-refractivity contribution in [3.05, 3.63) is 77.9 Å². The van der Waals surface area contributed by atoms with Crippen molar-refractivity contribution in [3.63, 3.8) is 0 Å². The highest BCUT2D eigenvalue weighted by Gasteiger charge is 2.30. The van der Waals surface area contributed by atoms with Crippen LogP contribution in [0.15, 0.2) is 72.0 Å². The van der Waals surface area contributed by atoms with E-state index in [9.17, 15) is 18.0 Å².